The number of benzene rings is 3. The number of hydrogen-bond acceptors (Lipinski definition) is 4. The number of hydrogen-bond donors (Lipinski definition) is 1. The molecule has 0 fully saturated rings. The Bertz CT molecular complexity index is 1360. The van der Waals surface area contributed by atoms with Crippen LogP contribution in [-0.4, -0.2) is 51.0 Å². The highest BCUT2D eigenvalue weighted by Gasteiger charge is 2.33. The highest BCUT2D eigenvalue weighted by Crippen LogP contribution is 2.25. The monoisotopic (exact) mass is 525 g/mol. The number of amides is 2. The van der Waals surface area contributed by atoms with Crippen LogP contribution in [0.5, 0.6) is 0 Å². The minimum Gasteiger partial charge on any atom is -0.357 e. The fourth-order valence-electron chi connectivity index (χ4n) is 4.11. The molecule has 0 saturated carbocycles. The van der Waals surface area contributed by atoms with Gasteiger partial charge in [0.1, 0.15) is 18.4 Å². The van der Waals surface area contributed by atoms with E-state index in [9.17, 15) is 22.4 Å². The Kier molecular flexibility index (Phi) is 9.04. The van der Waals surface area contributed by atoms with E-state index in [-0.39, 0.29) is 18.5 Å². The lowest BCUT2D eigenvalue weighted by Gasteiger charge is -2.33. The van der Waals surface area contributed by atoms with Crippen molar-refractivity contribution >= 4 is 27.5 Å². The van der Waals surface area contributed by atoms with E-state index in [1.165, 1.54) is 30.1 Å². The molecule has 0 saturated heterocycles. The Morgan fingerprint density at radius 3 is 2.24 bits per heavy atom. The minimum absolute atomic E-state index is 0.170. The van der Waals surface area contributed by atoms with E-state index in [4.69, 9.17) is 0 Å². The lowest BCUT2D eigenvalue weighted by Crippen LogP contribution is -2.53. The van der Waals surface area contributed by atoms with E-state index < -0.39 is 40.2 Å². The third-order valence-electron chi connectivity index (χ3n) is 6.13. The third-order valence-corrected chi connectivity index (χ3v) is 7.26. The molecule has 0 aromatic heterocycles. The number of carbonyl (C=O) groups is 2. The molecule has 1 N–H and O–H groups in total. The van der Waals surface area contributed by atoms with Gasteiger partial charge in [-0.05, 0) is 42.7 Å². The van der Waals surface area contributed by atoms with E-state index in [2.05, 4.69) is 5.32 Å². The molecular formula is C28H32FN3O4S. The molecule has 0 aliphatic rings. The average Bonchev–Trinajstić information content (AvgIpc) is 2.86. The van der Waals surface area contributed by atoms with E-state index in [0.717, 1.165) is 21.7 Å². The number of nitrogens with zero attached hydrogens (tertiary/aromatic N) is 2. The number of likely N-dealkylation sites (N-methyl/N-ethyl adjacent to an activating group) is 1. The molecule has 0 bridgehead atoms. The van der Waals surface area contributed by atoms with Crippen molar-refractivity contribution in [2.75, 3.05) is 24.2 Å². The number of rotatable bonds is 10. The lowest BCUT2D eigenvalue weighted by molar-refractivity contribution is -0.139. The van der Waals surface area contributed by atoms with Gasteiger partial charge in [0.25, 0.3) is 0 Å². The van der Waals surface area contributed by atoms with Crippen molar-refractivity contribution in [1.29, 1.82) is 0 Å². The molecule has 1 atom stereocenters. The van der Waals surface area contributed by atoms with Crippen LogP contribution in [-0.2, 0) is 32.6 Å². The number of nitrogens with one attached hydrogen (secondary N) is 1. The van der Waals surface area contributed by atoms with Crippen LogP contribution in [0.15, 0.2) is 72.8 Å². The van der Waals surface area contributed by atoms with Crippen LogP contribution < -0.4 is 9.62 Å². The maximum absolute atomic E-state index is 14.7. The Labute approximate surface area is 218 Å². The molecule has 37 heavy (non-hydrogen) atoms. The Morgan fingerprint density at radius 1 is 0.973 bits per heavy atom. The second kappa shape index (κ2) is 12.0. The number of aryl methyl sites for hydroxylation is 2. The van der Waals surface area contributed by atoms with Gasteiger partial charge in [-0.25, -0.2) is 12.8 Å². The molecule has 3 aromatic rings. The van der Waals surface area contributed by atoms with E-state index >= 15 is 0 Å². The van der Waals surface area contributed by atoms with Gasteiger partial charge in [-0.15, -0.1) is 0 Å². The molecule has 0 heterocycles. The van der Waals surface area contributed by atoms with Gasteiger partial charge in [-0.2, -0.15) is 0 Å². The topological polar surface area (TPSA) is 86.8 Å². The molecule has 196 valence electrons. The molecule has 9 heteroatoms. The smallest absolute Gasteiger partial charge is 0.244 e. The minimum atomic E-state index is -3.87. The zero-order chi connectivity index (χ0) is 27.2. The second-order valence-electron chi connectivity index (χ2n) is 8.99. The van der Waals surface area contributed by atoms with Crippen LogP contribution in [0.3, 0.4) is 0 Å². The van der Waals surface area contributed by atoms with Crippen LogP contribution in [0.1, 0.15) is 22.3 Å². The van der Waals surface area contributed by atoms with Crippen molar-refractivity contribution in [3.63, 3.8) is 0 Å². The molecule has 1 unspecified atom stereocenters. The molecule has 0 aliphatic carbocycles. The first-order valence-corrected chi connectivity index (χ1v) is 13.7. The van der Waals surface area contributed by atoms with Crippen molar-refractivity contribution < 1.29 is 22.4 Å². The number of anilines is 1. The molecule has 0 radical (unpaired) electrons. The summed E-state index contributed by atoms with van der Waals surface area (Å²) in [6.45, 7) is 2.84. The van der Waals surface area contributed by atoms with Crippen molar-refractivity contribution in [1.82, 2.24) is 10.2 Å². The first-order valence-electron chi connectivity index (χ1n) is 11.8. The first kappa shape index (κ1) is 27.9. The first-order chi connectivity index (χ1) is 17.5. The molecule has 2 amide bonds. The molecular weight excluding hydrogens is 493 g/mol. The summed E-state index contributed by atoms with van der Waals surface area (Å²) in [5, 5.41) is 2.59. The number of sulfonamides is 1. The predicted molar refractivity (Wildman–Crippen MR) is 143 cm³/mol. The Balaban J connectivity index is 2.07. The molecule has 3 aromatic carbocycles. The van der Waals surface area contributed by atoms with Gasteiger partial charge in [-0.1, -0.05) is 60.7 Å². The quantitative estimate of drug-likeness (QED) is 0.438. The molecule has 0 aliphatic heterocycles. The zero-order valence-corrected chi connectivity index (χ0v) is 22.3. The van der Waals surface area contributed by atoms with Crippen molar-refractivity contribution in [3.8, 4) is 0 Å². The van der Waals surface area contributed by atoms with Crippen LogP contribution in [0.4, 0.5) is 10.1 Å². The summed E-state index contributed by atoms with van der Waals surface area (Å²) in [6.07, 6.45) is 1.20. The van der Waals surface area contributed by atoms with Gasteiger partial charge in [0.05, 0.1) is 11.9 Å². The Hall–Kier alpha value is -3.72. The maximum atomic E-state index is 14.7. The number of halogens is 1. The molecule has 3 rings (SSSR count). The largest absolute Gasteiger partial charge is 0.357 e. The van der Waals surface area contributed by atoms with Gasteiger partial charge in [0.2, 0.25) is 21.8 Å². The number of carbonyl (C=O) groups excluding carboxylic acids is 2. The second-order valence-corrected chi connectivity index (χ2v) is 10.9. The maximum Gasteiger partial charge on any atom is 0.244 e. The highest BCUT2D eigenvalue weighted by molar-refractivity contribution is 7.92. The van der Waals surface area contributed by atoms with Crippen LogP contribution in [0, 0.1) is 19.7 Å². The third kappa shape index (κ3) is 7.16. The van der Waals surface area contributed by atoms with E-state index in [1.807, 2.05) is 43.3 Å². The molecule has 0 spiro atoms. The van der Waals surface area contributed by atoms with Crippen LogP contribution in [0.25, 0.3) is 0 Å². The summed E-state index contributed by atoms with van der Waals surface area (Å²) in [6, 6.07) is 19.5. The zero-order valence-electron chi connectivity index (χ0n) is 21.4. The van der Waals surface area contributed by atoms with Gasteiger partial charge in [-0.3, -0.25) is 13.9 Å². The van der Waals surface area contributed by atoms with Crippen LogP contribution in [0.2, 0.25) is 0 Å². The fraction of sp³-hybridized carbons (Fsp3) is 0.286. The van der Waals surface area contributed by atoms with Crippen LogP contribution >= 0.6 is 0 Å². The van der Waals surface area contributed by atoms with E-state index in [0.29, 0.717) is 11.3 Å². The van der Waals surface area contributed by atoms with Gasteiger partial charge in [0, 0.05) is 25.6 Å². The van der Waals surface area contributed by atoms with E-state index in [1.54, 1.807) is 25.1 Å². The normalized spacial score (nSPS) is 12.0. The Morgan fingerprint density at radius 2 is 1.62 bits per heavy atom. The lowest BCUT2D eigenvalue weighted by atomic mass is 10.0. The molecule has 7 nitrogen and oxygen atoms in total. The SMILES string of the molecule is CNC(=O)C(Cc1ccccc1)N(Cc1ccccc1F)C(=O)CN(c1cc(C)ccc1C)S(C)(=O)=O. The van der Waals surface area contributed by atoms with Crippen molar-refractivity contribution in [3.05, 3.63) is 101 Å². The summed E-state index contributed by atoms with van der Waals surface area (Å²) in [5.74, 6) is -1.59. The average molecular weight is 526 g/mol. The summed E-state index contributed by atoms with van der Waals surface area (Å²) < 4.78 is 41.4. The summed E-state index contributed by atoms with van der Waals surface area (Å²) >= 11 is 0. The van der Waals surface area contributed by atoms with Crippen molar-refractivity contribution in [2.24, 2.45) is 0 Å². The van der Waals surface area contributed by atoms with Gasteiger partial charge >= 0.3 is 0 Å². The summed E-state index contributed by atoms with van der Waals surface area (Å²) in [5.41, 5.74) is 2.91. The van der Waals surface area contributed by atoms with Gasteiger partial charge in [0.15, 0.2) is 0 Å². The highest BCUT2D eigenvalue weighted by atomic mass is 32.2. The summed E-state index contributed by atoms with van der Waals surface area (Å²) in [7, 11) is -2.40. The fourth-order valence-corrected chi connectivity index (χ4v) is 5.01. The standard InChI is InChI=1S/C28H32FN3O4S/c1-20-14-15-21(2)25(16-20)32(37(4,35)36)19-27(33)31(18-23-12-8-9-13-24(23)29)26(28(34)30-3)17-22-10-6-5-7-11-22/h5-16,26H,17-19H2,1-4H3,(H,30,34). The predicted octanol–water partition coefficient (Wildman–Crippen LogP) is 3.59. The van der Waals surface area contributed by atoms with Crippen molar-refractivity contribution in [2.45, 2.75) is 32.9 Å². The van der Waals surface area contributed by atoms with Gasteiger partial charge < -0.3 is 10.2 Å². The summed E-state index contributed by atoms with van der Waals surface area (Å²) in [4.78, 5) is 28.2.